The summed E-state index contributed by atoms with van der Waals surface area (Å²) in [6.45, 7) is 1.61. The lowest BCUT2D eigenvalue weighted by atomic mass is 9.82. The van der Waals surface area contributed by atoms with Crippen LogP contribution in [0.3, 0.4) is 0 Å². The number of halogens is 2. The molecule has 6 nitrogen and oxygen atoms in total. The molecule has 1 unspecified atom stereocenters. The standard InChI is InChI=1S/C13H19F2N3O3/c1-2-9(16)11(18-21)12(20)17-10(7-19)8-3-5-13(14,15)6-4-8/h7-8,10,16,21H,2-6H2,1H3,(H,17,20)/b16-9?,18-11+. The smallest absolute Gasteiger partial charge is 0.275 e. The molecule has 0 aromatic heterocycles. The lowest BCUT2D eigenvalue weighted by molar-refractivity contribution is -0.121. The summed E-state index contributed by atoms with van der Waals surface area (Å²) < 4.78 is 26.2. The molecule has 1 fully saturated rings. The average molecular weight is 303 g/mol. The first-order valence-corrected chi connectivity index (χ1v) is 6.78. The van der Waals surface area contributed by atoms with Crippen molar-refractivity contribution in [3.05, 3.63) is 0 Å². The minimum atomic E-state index is -2.71. The summed E-state index contributed by atoms with van der Waals surface area (Å²) in [5.41, 5.74) is -0.639. The molecule has 0 bridgehead atoms. The third-order valence-electron chi connectivity index (χ3n) is 3.67. The van der Waals surface area contributed by atoms with Crippen LogP contribution in [0.2, 0.25) is 0 Å². The second-order valence-electron chi connectivity index (χ2n) is 5.11. The van der Waals surface area contributed by atoms with Gasteiger partial charge in [-0.3, -0.25) is 4.79 Å². The highest BCUT2D eigenvalue weighted by Crippen LogP contribution is 2.37. The fourth-order valence-corrected chi connectivity index (χ4v) is 2.31. The van der Waals surface area contributed by atoms with Crippen LogP contribution in [0.1, 0.15) is 39.0 Å². The molecule has 118 valence electrons. The van der Waals surface area contributed by atoms with Crippen LogP contribution in [0.4, 0.5) is 8.78 Å². The first kappa shape index (κ1) is 17.2. The summed E-state index contributed by atoms with van der Waals surface area (Å²) in [5.74, 6) is -3.93. The second-order valence-corrected chi connectivity index (χ2v) is 5.11. The number of oxime groups is 1. The normalized spacial score (nSPS) is 20.6. The van der Waals surface area contributed by atoms with Gasteiger partial charge in [0.25, 0.3) is 5.91 Å². The van der Waals surface area contributed by atoms with E-state index in [4.69, 9.17) is 10.6 Å². The molecule has 0 aliphatic heterocycles. The first-order chi connectivity index (χ1) is 9.84. The molecule has 0 spiro atoms. The van der Waals surface area contributed by atoms with Crippen LogP contribution in [0.15, 0.2) is 5.16 Å². The number of rotatable bonds is 6. The van der Waals surface area contributed by atoms with Crippen LogP contribution in [0, 0.1) is 11.3 Å². The summed E-state index contributed by atoms with van der Waals surface area (Å²) in [4.78, 5) is 23.0. The Morgan fingerprint density at radius 3 is 2.52 bits per heavy atom. The van der Waals surface area contributed by atoms with E-state index < -0.39 is 23.6 Å². The van der Waals surface area contributed by atoms with Crippen LogP contribution < -0.4 is 5.32 Å². The number of alkyl halides is 2. The fraction of sp³-hybridized carbons (Fsp3) is 0.692. The van der Waals surface area contributed by atoms with Crippen molar-refractivity contribution in [1.29, 1.82) is 5.41 Å². The maximum atomic E-state index is 13.1. The SMILES string of the molecule is CCC(=N)/C(=N\O)C(=O)NC(C=O)C1CCC(F)(F)CC1. The van der Waals surface area contributed by atoms with Crippen LogP contribution in [0.25, 0.3) is 0 Å². The van der Waals surface area contributed by atoms with Gasteiger partial charge in [0.1, 0.15) is 6.29 Å². The van der Waals surface area contributed by atoms with E-state index >= 15 is 0 Å². The zero-order chi connectivity index (χ0) is 16.0. The quantitative estimate of drug-likeness (QED) is 0.301. The van der Waals surface area contributed by atoms with Gasteiger partial charge >= 0.3 is 0 Å². The molecule has 0 heterocycles. The molecule has 1 aliphatic carbocycles. The highest BCUT2D eigenvalue weighted by Gasteiger charge is 2.38. The summed E-state index contributed by atoms with van der Waals surface area (Å²) in [7, 11) is 0. The number of amides is 1. The number of carbonyl (C=O) groups is 2. The largest absolute Gasteiger partial charge is 0.410 e. The zero-order valence-corrected chi connectivity index (χ0v) is 11.7. The van der Waals surface area contributed by atoms with Gasteiger partial charge < -0.3 is 20.7 Å². The molecule has 1 aliphatic rings. The maximum absolute atomic E-state index is 13.1. The Kier molecular flexibility index (Phi) is 5.92. The van der Waals surface area contributed by atoms with Crippen molar-refractivity contribution in [3.63, 3.8) is 0 Å². The van der Waals surface area contributed by atoms with Gasteiger partial charge in [0.15, 0.2) is 5.71 Å². The minimum absolute atomic E-state index is 0.132. The molecule has 1 rings (SSSR count). The molecular weight excluding hydrogens is 284 g/mol. The van der Waals surface area contributed by atoms with Gasteiger partial charge in [0, 0.05) is 12.8 Å². The van der Waals surface area contributed by atoms with Crippen LogP contribution in [-0.2, 0) is 9.59 Å². The summed E-state index contributed by atoms with van der Waals surface area (Å²) in [6, 6.07) is -0.921. The van der Waals surface area contributed by atoms with E-state index in [9.17, 15) is 18.4 Å². The van der Waals surface area contributed by atoms with Crippen molar-refractivity contribution in [2.45, 2.75) is 51.0 Å². The van der Waals surface area contributed by atoms with Gasteiger partial charge in [-0.15, -0.1) is 0 Å². The second kappa shape index (κ2) is 7.24. The molecule has 1 saturated carbocycles. The van der Waals surface area contributed by atoms with Crippen molar-refractivity contribution in [3.8, 4) is 0 Å². The van der Waals surface area contributed by atoms with E-state index in [1.807, 2.05) is 0 Å². The van der Waals surface area contributed by atoms with Gasteiger partial charge in [-0.2, -0.15) is 0 Å². The Bertz CT molecular complexity index is 442. The topological polar surface area (TPSA) is 103 Å². The van der Waals surface area contributed by atoms with E-state index in [0.29, 0.717) is 6.29 Å². The maximum Gasteiger partial charge on any atom is 0.275 e. The predicted octanol–water partition coefficient (Wildman–Crippen LogP) is 1.76. The first-order valence-electron chi connectivity index (χ1n) is 6.78. The highest BCUT2D eigenvalue weighted by atomic mass is 19.3. The van der Waals surface area contributed by atoms with Gasteiger partial charge in [-0.1, -0.05) is 12.1 Å². The van der Waals surface area contributed by atoms with Crippen molar-refractivity contribution in [2.24, 2.45) is 11.1 Å². The Balaban J connectivity index is 2.68. The van der Waals surface area contributed by atoms with Gasteiger partial charge in [0.05, 0.1) is 11.8 Å². The molecule has 3 N–H and O–H groups in total. The number of hydrogen-bond donors (Lipinski definition) is 3. The van der Waals surface area contributed by atoms with E-state index in [-0.39, 0.29) is 43.7 Å². The van der Waals surface area contributed by atoms with Crippen molar-refractivity contribution in [1.82, 2.24) is 5.32 Å². The van der Waals surface area contributed by atoms with Crippen LogP contribution in [0.5, 0.6) is 0 Å². The summed E-state index contributed by atoms with van der Waals surface area (Å²) >= 11 is 0. The summed E-state index contributed by atoms with van der Waals surface area (Å²) in [5, 5.41) is 21.4. The number of nitrogens with one attached hydrogen (secondary N) is 2. The lowest BCUT2D eigenvalue weighted by Gasteiger charge is -2.31. The molecule has 0 aromatic rings. The fourth-order valence-electron chi connectivity index (χ4n) is 2.31. The molecular formula is C13H19F2N3O3. The van der Waals surface area contributed by atoms with Gasteiger partial charge in [-0.25, -0.2) is 8.78 Å². The monoisotopic (exact) mass is 303 g/mol. The summed E-state index contributed by atoms with van der Waals surface area (Å²) in [6.07, 6.45) is 0.318. The zero-order valence-electron chi connectivity index (χ0n) is 11.7. The molecule has 8 heteroatoms. The number of nitrogens with zero attached hydrogens (tertiary/aromatic N) is 1. The average Bonchev–Trinajstić information content (AvgIpc) is 2.45. The number of carbonyl (C=O) groups excluding carboxylic acids is 2. The van der Waals surface area contributed by atoms with Crippen LogP contribution >= 0.6 is 0 Å². The molecule has 21 heavy (non-hydrogen) atoms. The molecule has 1 amide bonds. The van der Waals surface area contributed by atoms with E-state index in [2.05, 4.69) is 10.5 Å². The molecule has 0 aromatic carbocycles. The molecule has 0 saturated heterocycles. The van der Waals surface area contributed by atoms with Crippen LogP contribution in [-0.4, -0.2) is 40.8 Å². The third-order valence-corrected chi connectivity index (χ3v) is 3.67. The number of aldehydes is 1. The van der Waals surface area contributed by atoms with E-state index in [1.54, 1.807) is 6.92 Å². The van der Waals surface area contributed by atoms with Crippen molar-refractivity contribution < 1.29 is 23.6 Å². The van der Waals surface area contributed by atoms with Gasteiger partial charge in [0.2, 0.25) is 5.92 Å². The lowest BCUT2D eigenvalue weighted by Crippen LogP contribution is -2.47. The Morgan fingerprint density at radius 1 is 1.52 bits per heavy atom. The minimum Gasteiger partial charge on any atom is -0.410 e. The Hall–Kier alpha value is -1.86. The highest BCUT2D eigenvalue weighted by molar-refractivity contribution is 6.66. The Morgan fingerprint density at radius 2 is 2.10 bits per heavy atom. The van der Waals surface area contributed by atoms with Crippen molar-refractivity contribution in [2.75, 3.05) is 0 Å². The van der Waals surface area contributed by atoms with Gasteiger partial charge in [-0.05, 0) is 25.2 Å². The Labute approximate surface area is 121 Å². The molecule has 0 radical (unpaired) electrons. The third kappa shape index (κ3) is 4.57. The van der Waals surface area contributed by atoms with Crippen molar-refractivity contribution >= 4 is 23.6 Å². The molecule has 1 atom stereocenters. The predicted molar refractivity (Wildman–Crippen MR) is 72.1 cm³/mol. The van der Waals surface area contributed by atoms with E-state index in [1.165, 1.54) is 0 Å². The number of hydrogen-bond acceptors (Lipinski definition) is 5. The van der Waals surface area contributed by atoms with E-state index in [0.717, 1.165) is 0 Å².